The lowest BCUT2D eigenvalue weighted by Crippen LogP contribution is -2.12. The Kier molecular flexibility index (Phi) is 8.82. The van der Waals surface area contributed by atoms with Gasteiger partial charge < -0.3 is 14.9 Å². The lowest BCUT2D eigenvalue weighted by atomic mass is 10.3. The SMILES string of the molecule is CC(O)COc1ccccc1.CCCO. The lowest BCUT2D eigenvalue weighted by molar-refractivity contribution is 0.123. The summed E-state index contributed by atoms with van der Waals surface area (Å²) in [6.07, 6.45) is 0.468. The summed E-state index contributed by atoms with van der Waals surface area (Å²) in [5.41, 5.74) is 0. The number of ether oxygens (including phenoxy) is 1. The van der Waals surface area contributed by atoms with E-state index in [1.807, 2.05) is 37.3 Å². The molecule has 0 radical (unpaired) electrons. The van der Waals surface area contributed by atoms with Gasteiger partial charge in [0.15, 0.2) is 0 Å². The maximum absolute atomic E-state index is 8.89. The van der Waals surface area contributed by atoms with Gasteiger partial charge in [-0.25, -0.2) is 0 Å². The van der Waals surface area contributed by atoms with Crippen molar-refractivity contribution in [3.63, 3.8) is 0 Å². The second kappa shape index (κ2) is 9.49. The van der Waals surface area contributed by atoms with Gasteiger partial charge >= 0.3 is 0 Å². The molecule has 0 aliphatic rings. The largest absolute Gasteiger partial charge is 0.491 e. The van der Waals surface area contributed by atoms with Gasteiger partial charge in [-0.2, -0.15) is 0 Å². The molecule has 0 saturated heterocycles. The lowest BCUT2D eigenvalue weighted by Gasteiger charge is -2.06. The molecule has 0 spiro atoms. The second-order valence-corrected chi connectivity index (χ2v) is 3.20. The minimum Gasteiger partial charge on any atom is -0.491 e. The molecule has 0 bridgehead atoms. The molecule has 0 aliphatic heterocycles. The Hall–Kier alpha value is -1.06. The van der Waals surface area contributed by atoms with Gasteiger partial charge in [0.25, 0.3) is 0 Å². The van der Waals surface area contributed by atoms with Crippen LogP contribution in [0.4, 0.5) is 0 Å². The van der Waals surface area contributed by atoms with Gasteiger partial charge in [-0.3, -0.25) is 0 Å². The topological polar surface area (TPSA) is 49.7 Å². The Morgan fingerprint density at radius 1 is 1.27 bits per heavy atom. The Morgan fingerprint density at radius 2 is 1.80 bits per heavy atom. The molecule has 1 aromatic carbocycles. The van der Waals surface area contributed by atoms with Crippen LogP contribution in [0.1, 0.15) is 20.3 Å². The highest BCUT2D eigenvalue weighted by molar-refractivity contribution is 5.20. The average Bonchev–Trinajstić information content (AvgIpc) is 2.28. The molecule has 86 valence electrons. The molecule has 0 aromatic heterocycles. The Bertz CT molecular complexity index is 220. The normalized spacial score (nSPS) is 11.2. The minimum atomic E-state index is -0.407. The Morgan fingerprint density at radius 3 is 2.20 bits per heavy atom. The van der Waals surface area contributed by atoms with Crippen molar-refractivity contribution >= 4 is 0 Å². The smallest absolute Gasteiger partial charge is 0.119 e. The molecular formula is C12H20O3. The number of hydrogen-bond donors (Lipinski definition) is 2. The fraction of sp³-hybridized carbons (Fsp3) is 0.500. The van der Waals surface area contributed by atoms with Crippen LogP contribution < -0.4 is 4.74 Å². The van der Waals surface area contributed by atoms with Crippen LogP contribution in [0.5, 0.6) is 5.75 Å². The minimum absolute atomic E-state index is 0.319. The number of rotatable bonds is 4. The van der Waals surface area contributed by atoms with Crippen molar-refractivity contribution < 1.29 is 14.9 Å². The van der Waals surface area contributed by atoms with E-state index in [2.05, 4.69) is 0 Å². The number of aliphatic hydroxyl groups excluding tert-OH is 2. The van der Waals surface area contributed by atoms with Crippen LogP contribution in [0.25, 0.3) is 0 Å². The summed E-state index contributed by atoms with van der Waals surface area (Å²) in [4.78, 5) is 0. The number of benzene rings is 1. The van der Waals surface area contributed by atoms with Crippen LogP contribution in [0.2, 0.25) is 0 Å². The third-order valence-electron chi connectivity index (χ3n) is 1.46. The monoisotopic (exact) mass is 212 g/mol. The van der Waals surface area contributed by atoms with Crippen LogP contribution in [0.15, 0.2) is 30.3 Å². The Balaban J connectivity index is 0.000000423. The highest BCUT2D eigenvalue weighted by Gasteiger charge is 1.95. The standard InChI is InChI=1S/C9H12O2.C3H8O/c1-8(10)7-11-9-5-3-2-4-6-9;1-2-3-4/h2-6,8,10H,7H2,1H3;4H,2-3H2,1H3. The van der Waals surface area contributed by atoms with Gasteiger partial charge in [-0.05, 0) is 25.5 Å². The maximum atomic E-state index is 8.89. The molecule has 1 aromatic rings. The number of para-hydroxylation sites is 1. The first-order valence-electron chi connectivity index (χ1n) is 5.17. The summed E-state index contributed by atoms with van der Waals surface area (Å²) >= 11 is 0. The predicted molar refractivity (Wildman–Crippen MR) is 61.0 cm³/mol. The summed E-state index contributed by atoms with van der Waals surface area (Å²) < 4.78 is 5.22. The molecule has 15 heavy (non-hydrogen) atoms. The van der Waals surface area contributed by atoms with Crippen LogP contribution in [-0.2, 0) is 0 Å². The number of hydrogen-bond acceptors (Lipinski definition) is 3. The van der Waals surface area contributed by atoms with Gasteiger partial charge in [0.2, 0.25) is 0 Å². The molecular weight excluding hydrogens is 192 g/mol. The van der Waals surface area contributed by atoms with Gasteiger partial charge in [-0.15, -0.1) is 0 Å². The molecule has 0 heterocycles. The van der Waals surface area contributed by atoms with Gasteiger partial charge in [0, 0.05) is 6.61 Å². The molecule has 0 amide bonds. The maximum Gasteiger partial charge on any atom is 0.119 e. The first-order valence-corrected chi connectivity index (χ1v) is 5.17. The predicted octanol–water partition coefficient (Wildman–Crippen LogP) is 1.83. The third kappa shape index (κ3) is 9.25. The molecule has 3 nitrogen and oxygen atoms in total. The van der Waals surface area contributed by atoms with E-state index in [4.69, 9.17) is 14.9 Å². The first-order chi connectivity index (χ1) is 7.20. The first kappa shape index (κ1) is 13.9. The molecule has 1 rings (SSSR count). The summed E-state index contributed by atoms with van der Waals surface area (Å²) in [5.74, 6) is 0.799. The van der Waals surface area contributed by atoms with E-state index < -0.39 is 6.10 Å². The van der Waals surface area contributed by atoms with Crippen molar-refractivity contribution in [2.75, 3.05) is 13.2 Å². The van der Waals surface area contributed by atoms with E-state index in [0.29, 0.717) is 13.2 Å². The summed E-state index contributed by atoms with van der Waals surface area (Å²) in [5, 5.41) is 16.8. The van der Waals surface area contributed by atoms with Crippen molar-refractivity contribution in [3.8, 4) is 5.75 Å². The third-order valence-corrected chi connectivity index (χ3v) is 1.46. The van der Waals surface area contributed by atoms with E-state index in [9.17, 15) is 0 Å². The van der Waals surface area contributed by atoms with Crippen LogP contribution in [-0.4, -0.2) is 29.5 Å². The van der Waals surface area contributed by atoms with E-state index in [-0.39, 0.29) is 0 Å². The molecule has 0 fully saturated rings. The number of aliphatic hydroxyl groups is 2. The van der Waals surface area contributed by atoms with Crippen molar-refractivity contribution in [2.45, 2.75) is 26.4 Å². The zero-order valence-corrected chi connectivity index (χ0v) is 9.39. The average molecular weight is 212 g/mol. The molecule has 2 N–H and O–H groups in total. The van der Waals surface area contributed by atoms with Crippen molar-refractivity contribution in [1.82, 2.24) is 0 Å². The van der Waals surface area contributed by atoms with Gasteiger partial charge in [0.05, 0.1) is 6.10 Å². The fourth-order valence-electron chi connectivity index (χ4n) is 0.734. The fourth-order valence-corrected chi connectivity index (χ4v) is 0.734. The van der Waals surface area contributed by atoms with Crippen LogP contribution >= 0.6 is 0 Å². The van der Waals surface area contributed by atoms with Crippen LogP contribution in [0, 0.1) is 0 Å². The molecule has 3 heteroatoms. The zero-order valence-electron chi connectivity index (χ0n) is 9.39. The quantitative estimate of drug-likeness (QED) is 0.800. The molecule has 1 atom stereocenters. The van der Waals surface area contributed by atoms with Crippen molar-refractivity contribution in [1.29, 1.82) is 0 Å². The van der Waals surface area contributed by atoms with Crippen molar-refractivity contribution in [3.05, 3.63) is 30.3 Å². The Labute approximate surface area is 91.3 Å². The highest BCUT2D eigenvalue weighted by Crippen LogP contribution is 2.07. The van der Waals surface area contributed by atoms with Gasteiger partial charge in [0.1, 0.15) is 12.4 Å². The second-order valence-electron chi connectivity index (χ2n) is 3.20. The molecule has 1 unspecified atom stereocenters. The van der Waals surface area contributed by atoms with Gasteiger partial charge in [-0.1, -0.05) is 25.1 Å². The molecule has 0 aliphatic carbocycles. The van der Waals surface area contributed by atoms with E-state index in [1.165, 1.54) is 0 Å². The van der Waals surface area contributed by atoms with Crippen molar-refractivity contribution in [2.24, 2.45) is 0 Å². The summed E-state index contributed by atoms with van der Waals surface area (Å²) in [7, 11) is 0. The zero-order chi connectivity index (χ0) is 11.5. The van der Waals surface area contributed by atoms with Crippen LogP contribution in [0.3, 0.4) is 0 Å². The summed E-state index contributed by atoms with van der Waals surface area (Å²) in [6.45, 7) is 4.30. The van der Waals surface area contributed by atoms with E-state index >= 15 is 0 Å². The van der Waals surface area contributed by atoms with E-state index in [0.717, 1.165) is 12.2 Å². The summed E-state index contributed by atoms with van der Waals surface area (Å²) in [6, 6.07) is 9.45. The molecule has 0 saturated carbocycles. The van der Waals surface area contributed by atoms with E-state index in [1.54, 1.807) is 6.92 Å². The highest BCUT2D eigenvalue weighted by atomic mass is 16.5.